The summed E-state index contributed by atoms with van der Waals surface area (Å²) in [5.74, 6) is -1.26. The van der Waals surface area contributed by atoms with E-state index in [0.29, 0.717) is 32.6 Å². The van der Waals surface area contributed by atoms with Crippen molar-refractivity contribution in [1.29, 1.82) is 0 Å². The summed E-state index contributed by atoms with van der Waals surface area (Å²) in [7, 11) is 0. The van der Waals surface area contributed by atoms with Crippen molar-refractivity contribution < 1.29 is 14.7 Å². The highest BCUT2D eigenvalue weighted by Gasteiger charge is 2.27. The second-order valence-corrected chi connectivity index (χ2v) is 4.62. The van der Waals surface area contributed by atoms with Crippen molar-refractivity contribution in [2.24, 2.45) is 5.92 Å². The second kappa shape index (κ2) is 6.21. The van der Waals surface area contributed by atoms with Crippen LogP contribution in [0.15, 0.2) is 18.5 Å². The summed E-state index contributed by atoms with van der Waals surface area (Å²) in [4.78, 5) is 24.4. The molecule has 0 aliphatic carbocycles. The molecular weight excluding hydrogens is 248 g/mol. The van der Waals surface area contributed by atoms with Crippen LogP contribution in [-0.4, -0.2) is 51.4 Å². The van der Waals surface area contributed by atoms with Crippen LogP contribution in [0.5, 0.6) is 0 Å². The molecule has 1 aromatic heterocycles. The molecule has 1 saturated heterocycles. The number of urea groups is 1. The highest BCUT2D eigenvalue weighted by Crippen LogP contribution is 2.16. The Bertz CT molecular complexity index is 432. The maximum atomic E-state index is 11.9. The monoisotopic (exact) mass is 266 g/mol. The van der Waals surface area contributed by atoms with Gasteiger partial charge in [0.05, 0.1) is 12.5 Å². The van der Waals surface area contributed by atoms with Gasteiger partial charge in [-0.3, -0.25) is 9.48 Å². The first kappa shape index (κ1) is 13.4. The third kappa shape index (κ3) is 3.70. The Morgan fingerprint density at radius 1 is 1.47 bits per heavy atom. The predicted octanol–water partition coefficient (Wildman–Crippen LogP) is 0.389. The molecule has 19 heavy (non-hydrogen) atoms. The van der Waals surface area contributed by atoms with Crippen LogP contribution >= 0.6 is 0 Å². The van der Waals surface area contributed by atoms with E-state index in [1.165, 1.54) is 0 Å². The van der Waals surface area contributed by atoms with Crippen molar-refractivity contribution in [2.75, 3.05) is 19.6 Å². The predicted molar refractivity (Wildman–Crippen MR) is 67.6 cm³/mol. The quantitative estimate of drug-likeness (QED) is 0.825. The molecular formula is C12H18N4O3. The van der Waals surface area contributed by atoms with Crippen molar-refractivity contribution in [2.45, 2.75) is 19.4 Å². The van der Waals surface area contributed by atoms with Gasteiger partial charge in [-0.15, -0.1) is 0 Å². The Balaban J connectivity index is 1.74. The fourth-order valence-corrected chi connectivity index (χ4v) is 2.19. The largest absolute Gasteiger partial charge is 0.481 e. The van der Waals surface area contributed by atoms with Crippen LogP contribution in [0.1, 0.15) is 12.8 Å². The number of aromatic nitrogens is 2. The third-order valence-corrected chi connectivity index (χ3v) is 3.23. The molecule has 0 saturated carbocycles. The van der Waals surface area contributed by atoms with Crippen LogP contribution in [0.3, 0.4) is 0 Å². The lowest BCUT2D eigenvalue weighted by molar-refractivity contribution is -0.143. The summed E-state index contributed by atoms with van der Waals surface area (Å²) in [6.07, 6.45) is 4.90. The maximum Gasteiger partial charge on any atom is 0.317 e. The first-order valence-electron chi connectivity index (χ1n) is 6.40. The number of likely N-dealkylation sites (tertiary alicyclic amines) is 1. The Labute approximate surface area is 111 Å². The zero-order valence-corrected chi connectivity index (χ0v) is 10.7. The summed E-state index contributed by atoms with van der Waals surface area (Å²) in [6, 6.07) is 1.63. The number of piperidine rings is 1. The molecule has 2 rings (SSSR count). The van der Waals surface area contributed by atoms with Gasteiger partial charge in [0.15, 0.2) is 0 Å². The van der Waals surface area contributed by atoms with Crippen LogP contribution in [0.2, 0.25) is 0 Å². The van der Waals surface area contributed by atoms with Gasteiger partial charge in [-0.25, -0.2) is 4.79 Å². The topological polar surface area (TPSA) is 87.5 Å². The van der Waals surface area contributed by atoms with Crippen molar-refractivity contribution in [1.82, 2.24) is 20.0 Å². The number of hydrogen-bond donors (Lipinski definition) is 2. The van der Waals surface area contributed by atoms with Crippen LogP contribution in [-0.2, 0) is 11.3 Å². The van der Waals surface area contributed by atoms with Crippen molar-refractivity contribution in [3.8, 4) is 0 Å². The second-order valence-electron chi connectivity index (χ2n) is 4.62. The minimum atomic E-state index is -0.825. The molecule has 1 aliphatic heterocycles. The molecule has 1 atom stereocenters. The van der Waals surface area contributed by atoms with Gasteiger partial charge in [0, 0.05) is 32.0 Å². The first-order valence-corrected chi connectivity index (χ1v) is 6.40. The summed E-state index contributed by atoms with van der Waals surface area (Å²) in [6.45, 7) is 2.00. The van der Waals surface area contributed by atoms with E-state index in [-0.39, 0.29) is 6.03 Å². The van der Waals surface area contributed by atoms with Crippen LogP contribution in [0.25, 0.3) is 0 Å². The van der Waals surface area contributed by atoms with E-state index >= 15 is 0 Å². The lowest BCUT2D eigenvalue weighted by Gasteiger charge is -2.30. The Morgan fingerprint density at radius 2 is 2.32 bits per heavy atom. The average Bonchev–Trinajstić information content (AvgIpc) is 2.92. The number of aliphatic carboxylic acids is 1. The zero-order chi connectivity index (χ0) is 13.7. The molecule has 104 valence electrons. The van der Waals surface area contributed by atoms with Crippen LogP contribution < -0.4 is 5.32 Å². The lowest BCUT2D eigenvalue weighted by atomic mass is 9.99. The average molecular weight is 266 g/mol. The van der Waals surface area contributed by atoms with E-state index in [1.807, 2.05) is 12.3 Å². The van der Waals surface area contributed by atoms with Gasteiger partial charge in [0.1, 0.15) is 0 Å². The molecule has 0 bridgehead atoms. The SMILES string of the molecule is O=C(O)C1CCCN(C(=O)NCCn2cccn2)C1. The number of carbonyl (C=O) groups is 2. The molecule has 7 heteroatoms. The molecule has 1 unspecified atom stereocenters. The highest BCUT2D eigenvalue weighted by molar-refractivity contribution is 5.76. The normalized spacial score (nSPS) is 19.2. The van der Waals surface area contributed by atoms with Crippen LogP contribution in [0.4, 0.5) is 4.79 Å². The number of nitrogens with one attached hydrogen (secondary N) is 1. The maximum absolute atomic E-state index is 11.9. The summed E-state index contributed by atoms with van der Waals surface area (Å²) in [5.41, 5.74) is 0. The Kier molecular flexibility index (Phi) is 4.38. The van der Waals surface area contributed by atoms with Gasteiger partial charge in [-0.1, -0.05) is 0 Å². The van der Waals surface area contributed by atoms with Crippen LogP contribution in [0, 0.1) is 5.92 Å². The van der Waals surface area contributed by atoms with E-state index in [2.05, 4.69) is 10.4 Å². The molecule has 2 N–H and O–H groups in total. The van der Waals surface area contributed by atoms with E-state index in [4.69, 9.17) is 5.11 Å². The van der Waals surface area contributed by atoms with Gasteiger partial charge in [0.25, 0.3) is 0 Å². The summed E-state index contributed by atoms with van der Waals surface area (Å²) < 4.78 is 1.73. The zero-order valence-electron chi connectivity index (χ0n) is 10.7. The number of nitrogens with zero attached hydrogens (tertiary/aromatic N) is 3. The summed E-state index contributed by atoms with van der Waals surface area (Å²) >= 11 is 0. The molecule has 0 spiro atoms. The fraction of sp³-hybridized carbons (Fsp3) is 0.583. The summed E-state index contributed by atoms with van der Waals surface area (Å²) in [5, 5.41) is 15.8. The number of amides is 2. The Morgan fingerprint density at radius 3 is 3.00 bits per heavy atom. The minimum Gasteiger partial charge on any atom is -0.481 e. The number of hydrogen-bond acceptors (Lipinski definition) is 3. The van der Waals surface area contributed by atoms with Gasteiger partial charge in [-0.2, -0.15) is 5.10 Å². The number of rotatable bonds is 4. The molecule has 1 aromatic rings. The smallest absolute Gasteiger partial charge is 0.317 e. The van der Waals surface area contributed by atoms with Crippen molar-refractivity contribution in [3.63, 3.8) is 0 Å². The van der Waals surface area contributed by atoms with E-state index < -0.39 is 11.9 Å². The molecule has 2 heterocycles. The Hall–Kier alpha value is -2.05. The molecule has 1 aliphatic rings. The third-order valence-electron chi connectivity index (χ3n) is 3.23. The van der Waals surface area contributed by atoms with E-state index in [1.54, 1.807) is 15.8 Å². The van der Waals surface area contributed by atoms with Gasteiger partial charge in [-0.05, 0) is 18.9 Å². The van der Waals surface area contributed by atoms with E-state index in [9.17, 15) is 9.59 Å². The number of carboxylic acid groups (broad SMARTS) is 1. The molecule has 2 amide bonds. The highest BCUT2D eigenvalue weighted by atomic mass is 16.4. The van der Waals surface area contributed by atoms with Crippen molar-refractivity contribution in [3.05, 3.63) is 18.5 Å². The fourth-order valence-electron chi connectivity index (χ4n) is 2.19. The minimum absolute atomic E-state index is 0.196. The molecule has 0 radical (unpaired) electrons. The van der Waals surface area contributed by atoms with Gasteiger partial charge >= 0.3 is 12.0 Å². The standard InChI is InChI=1S/C12H18N4O3/c17-11(18)10-3-1-6-15(9-10)12(19)13-5-8-16-7-2-4-14-16/h2,4,7,10H,1,3,5-6,8-9H2,(H,13,19)(H,17,18). The molecule has 7 nitrogen and oxygen atoms in total. The van der Waals surface area contributed by atoms with Gasteiger partial charge < -0.3 is 15.3 Å². The molecule has 0 aromatic carbocycles. The molecule has 1 fully saturated rings. The number of carboxylic acids is 1. The first-order chi connectivity index (χ1) is 9.16. The van der Waals surface area contributed by atoms with Crippen molar-refractivity contribution >= 4 is 12.0 Å². The van der Waals surface area contributed by atoms with E-state index in [0.717, 1.165) is 6.42 Å². The van der Waals surface area contributed by atoms with Gasteiger partial charge in [0.2, 0.25) is 0 Å². The lowest BCUT2D eigenvalue weighted by Crippen LogP contribution is -2.47. The number of carbonyl (C=O) groups excluding carboxylic acids is 1.